The quantitative estimate of drug-likeness (QED) is 0.244. The number of ketones is 1. The highest BCUT2D eigenvalue weighted by Crippen LogP contribution is 2.78. The molecule has 3 fully saturated rings. The summed E-state index contributed by atoms with van der Waals surface area (Å²) in [7, 11) is -3.72. The summed E-state index contributed by atoms with van der Waals surface area (Å²) < 4.78 is 69.1. The lowest BCUT2D eigenvalue weighted by Crippen LogP contribution is -2.67. The maximum atomic E-state index is 14.7. The van der Waals surface area contributed by atoms with Gasteiger partial charge >= 0.3 is 6.18 Å². The third-order valence-electron chi connectivity index (χ3n) is 13.5. The van der Waals surface area contributed by atoms with Gasteiger partial charge in [-0.05, 0) is 79.9 Å². The highest BCUT2D eigenvalue weighted by molar-refractivity contribution is 7.88. The Morgan fingerprint density at radius 1 is 0.938 bits per heavy atom. The van der Waals surface area contributed by atoms with Crippen LogP contribution in [0.4, 0.5) is 13.2 Å². The molecule has 2 aromatic rings. The molecule has 2 bridgehead atoms. The zero-order valence-corrected chi connectivity index (χ0v) is 28.4. The number of hydrogen-bond acceptors (Lipinski definition) is 5. The van der Waals surface area contributed by atoms with Crippen LogP contribution in [-0.2, 0) is 22.7 Å². The number of sulfonamides is 1. The number of allylic oxidation sites excluding steroid dienone is 4. The van der Waals surface area contributed by atoms with Crippen molar-refractivity contribution in [3.8, 4) is 0 Å². The molecule has 10 heteroatoms. The van der Waals surface area contributed by atoms with E-state index in [2.05, 4.69) is 19.1 Å². The van der Waals surface area contributed by atoms with Crippen molar-refractivity contribution in [2.75, 3.05) is 12.8 Å². The number of carbonyl (C=O) groups excluding carboxylic acids is 1. The van der Waals surface area contributed by atoms with Gasteiger partial charge in [-0.15, -0.1) is 0 Å². The van der Waals surface area contributed by atoms with Crippen molar-refractivity contribution >= 4 is 15.8 Å². The molecule has 6 nitrogen and oxygen atoms in total. The number of Topliss-reactive ketones (excluding diaryl/α,β-unsaturated/α-hetero) is 1. The summed E-state index contributed by atoms with van der Waals surface area (Å²) in [5.74, 6) is -0.780. The van der Waals surface area contributed by atoms with Crippen LogP contribution < -0.4 is 0 Å². The number of halogens is 3. The minimum atomic E-state index is -4.61. The van der Waals surface area contributed by atoms with Crippen LogP contribution in [0.1, 0.15) is 80.3 Å². The van der Waals surface area contributed by atoms with Gasteiger partial charge in [0.05, 0.1) is 23.5 Å². The fourth-order valence-corrected chi connectivity index (χ4v) is 11.8. The Bertz CT molecular complexity index is 1810. The molecule has 2 aromatic carbocycles. The topological polar surface area (TPSA) is 94.9 Å². The predicted molar refractivity (Wildman–Crippen MR) is 176 cm³/mol. The van der Waals surface area contributed by atoms with E-state index in [0.717, 1.165) is 30.4 Å². The van der Waals surface area contributed by atoms with E-state index in [-0.39, 0.29) is 35.9 Å². The summed E-state index contributed by atoms with van der Waals surface area (Å²) >= 11 is 0. The summed E-state index contributed by atoms with van der Waals surface area (Å²) in [6.07, 6.45) is 6.08. The molecule has 48 heavy (non-hydrogen) atoms. The molecule has 0 aromatic heterocycles. The van der Waals surface area contributed by atoms with Crippen LogP contribution in [0.15, 0.2) is 78.4 Å². The highest BCUT2D eigenvalue weighted by Gasteiger charge is 2.74. The van der Waals surface area contributed by atoms with E-state index in [4.69, 9.17) is 0 Å². The van der Waals surface area contributed by atoms with Gasteiger partial charge in [0, 0.05) is 40.5 Å². The minimum Gasteiger partial charge on any atom is -0.393 e. The minimum absolute atomic E-state index is 0.0359. The van der Waals surface area contributed by atoms with Gasteiger partial charge < -0.3 is 10.2 Å². The lowest BCUT2D eigenvalue weighted by molar-refractivity contribution is -0.173. The molecular weight excluding hydrogens is 639 g/mol. The molecule has 8 rings (SSSR count). The van der Waals surface area contributed by atoms with Crippen LogP contribution >= 0.6 is 0 Å². The molecule has 0 radical (unpaired) electrons. The molecular formula is C38H44F3NO5S. The zero-order valence-electron chi connectivity index (χ0n) is 27.6. The Morgan fingerprint density at radius 2 is 1.60 bits per heavy atom. The first-order valence-electron chi connectivity index (χ1n) is 16.9. The second-order valence-electron chi connectivity index (χ2n) is 15.7. The fourth-order valence-electron chi connectivity index (χ4n) is 11.0. The molecule has 0 aliphatic heterocycles. The largest absolute Gasteiger partial charge is 0.416 e. The molecule has 0 amide bonds. The molecule has 2 spiro atoms. The van der Waals surface area contributed by atoms with E-state index < -0.39 is 55.5 Å². The average Bonchev–Trinajstić information content (AvgIpc) is 3.30. The van der Waals surface area contributed by atoms with E-state index in [0.29, 0.717) is 44.1 Å². The van der Waals surface area contributed by atoms with Crippen LogP contribution in [0.25, 0.3) is 0 Å². The smallest absolute Gasteiger partial charge is 0.393 e. The normalized spacial score (nSPS) is 38.7. The average molecular weight is 684 g/mol. The number of rotatable bonds is 7. The molecule has 6 aliphatic carbocycles. The lowest BCUT2D eigenvalue weighted by atomic mass is 9.32. The van der Waals surface area contributed by atoms with Crippen molar-refractivity contribution in [2.45, 2.75) is 83.2 Å². The molecule has 2 N–H and O–H groups in total. The van der Waals surface area contributed by atoms with Crippen LogP contribution in [-0.4, -0.2) is 53.2 Å². The monoisotopic (exact) mass is 683 g/mol. The third-order valence-corrected chi connectivity index (χ3v) is 14.7. The molecule has 258 valence electrons. The number of hydrogen-bond donors (Lipinski definition) is 2. The van der Waals surface area contributed by atoms with Crippen molar-refractivity contribution in [3.63, 3.8) is 0 Å². The lowest BCUT2D eigenvalue weighted by Gasteiger charge is -2.71. The van der Waals surface area contributed by atoms with Crippen molar-refractivity contribution in [1.29, 1.82) is 0 Å². The Kier molecular flexibility index (Phi) is 7.62. The van der Waals surface area contributed by atoms with Crippen LogP contribution in [0.3, 0.4) is 0 Å². The van der Waals surface area contributed by atoms with E-state index in [1.54, 1.807) is 0 Å². The first-order chi connectivity index (χ1) is 22.4. The van der Waals surface area contributed by atoms with Gasteiger partial charge in [-0.2, -0.15) is 17.5 Å². The molecule has 3 saturated carbocycles. The number of carbonyl (C=O) groups is 1. The highest BCUT2D eigenvalue weighted by atomic mass is 32.2. The second-order valence-corrected chi connectivity index (χ2v) is 17.7. The van der Waals surface area contributed by atoms with E-state index in [1.807, 2.05) is 43.3 Å². The van der Waals surface area contributed by atoms with Gasteiger partial charge in [0.25, 0.3) is 0 Å². The summed E-state index contributed by atoms with van der Waals surface area (Å²) in [4.78, 5) is 14.7. The first kappa shape index (κ1) is 33.7. The van der Waals surface area contributed by atoms with Gasteiger partial charge in [-0.1, -0.05) is 74.5 Å². The van der Waals surface area contributed by atoms with Crippen LogP contribution in [0.2, 0.25) is 0 Å². The van der Waals surface area contributed by atoms with E-state index >= 15 is 0 Å². The van der Waals surface area contributed by atoms with Crippen LogP contribution in [0, 0.1) is 33.5 Å². The maximum absolute atomic E-state index is 14.7. The number of nitrogens with zero attached hydrogens (tertiary/aromatic N) is 1. The number of benzene rings is 2. The Hall–Kier alpha value is -2.79. The second kappa shape index (κ2) is 10.9. The summed E-state index contributed by atoms with van der Waals surface area (Å²) in [5, 5.41) is 23.6. The summed E-state index contributed by atoms with van der Waals surface area (Å²) in [5.41, 5.74) is -3.71. The number of alkyl halides is 3. The number of aliphatic hydroxyl groups excluding tert-OH is 1. The van der Waals surface area contributed by atoms with Crippen molar-refractivity contribution in [3.05, 3.63) is 95.1 Å². The van der Waals surface area contributed by atoms with E-state index in [9.17, 15) is 36.6 Å². The van der Waals surface area contributed by atoms with Crippen molar-refractivity contribution < 1.29 is 36.6 Å². The van der Waals surface area contributed by atoms with Crippen molar-refractivity contribution in [1.82, 2.24) is 4.31 Å². The van der Waals surface area contributed by atoms with Gasteiger partial charge in [-0.25, -0.2) is 8.42 Å². The van der Waals surface area contributed by atoms with Gasteiger partial charge in [0.15, 0.2) is 5.78 Å². The Morgan fingerprint density at radius 3 is 2.29 bits per heavy atom. The maximum Gasteiger partial charge on any atom is 0.416 e. The summed E-state index contributed by atoms with van der Waals surface area (Å²) in [6, 6.07) is 13.8. The number of aliphatic hydroxyl groups is 2. The summed E-state index contributed by atoms with van der Waals surface area (Å²) in [6.45, 7) is 4.26. The van der Waals surface area contributed by atoms with Crippen molar-refractivity contribution in [2.24, 2.45) is 33.5 Å². The van der Waals surface area contributed by atoms with E-state index in [1.165, 1.54) is 16.4 Å². The third kappa shape index (κ3) is 4.76. The Balaban J connectivity index is 1.34. The SMILES string of the molecule is C[C@]12CC[C@H]3[C@]4(C=C[C@@]5(C=C4C(=O)c4cccc(C(F)(F)F)c4)CC(O)CC[C@]35C)[C@@H]1CC[C@@]2(O)CN(Cc1ccccc1)S(C)(=O)=O. The number of fused-ring (bicyclic) bond motifs is 1. The van der Waals surface area contributed by atoms with Gasteiger partial charge in [-0.3, -0.25) is 4.79 Å². The van der Waals surface area contributed by atoms with Crippen LogP contribution in [0.5, 0.6) is 0 Å². The van der Waals surface area contributed by atoms with Gasteiger partial charge in [0.1, 0.15) is 0 Å². The zero-order chi connectivity index (χ0) is 34.5. The predicted octanol–water partition coefficient (Wildman–Crippen LogP) is 6.94. The molecule has 6 aliphatic rings. The van der Waals surface area contributed by atoms with Gasteiger partial charge in [0.2, 0.25) is 10.0 Å². The molecule has 0 heterocycles. The Labute approximate surface area is 280 Å². The standard InChI is InChI=1S/C38H44F3NO5S/c1-33-15-12-28(43)21-35(33)18-19-37(29(22-35)32(44)26-10-7-11-27(20-26)38(39,40)41)30(33)13-16-34(2)31(37)14-17-36(34,45)24-42(48(3,46)47)23-25-8-5-4-6-9-25/h4-11,18-20,22,28,30-31,43,45H,12-17,21,23-24H2,1-3H3/t28?,30-,31-,33-,34+,35+,36-,37-/m1/s1. The molecule has 0 saturated heterocycles. The fraction of sp³-hybridized carbons (Fsp3) is 0.553. The first-order valence-corrected chi connectivity index (χ1v) is 18.8. The molecule has 1 unspecified atom stereocenters. The molecule has 8 atom stereocenters.